The van der Waals surface area contributed by atoms with Crippen molar-refractivity contribution >= 4 is 5.97 Å². The average Bonchev–Trinajstić information content (AvgIpc) is 2.38. The highest BCUT2D eigenvalue weighted by Crippen LogP contribution is 2.34. The van der Waals surface area contributed by atoms with Crippen LogP contribution in [0.15, 0.2) is 0 Å². The first kappa shape index (κ1) is 9.93. The minimum atomic E-state index is -0.647. The van der Waals surface area contributed by atoms with E-state index in [0.29, 0.717) is 18.5 Å². The number of aliphatic carboxylic acids is 1. The molecule has 0 aromatic rings. The fraction of sp³-hybridized carbons (Fsp3) is 0.900. The van der Waals surface area contributed by atoms with E-state index in [9.17, 15) is 4.79 Å². The van der Waals surface area contributed by atoms with Crippen LogP contribution >= 0.6 is 0 Å². The topological polar surface area (TPSA) is 49.8 Å². The number of rotatable bonds is 1. The molecule has 2 fully saturated rings. The molecule has 0 aromatic carbocycles. The molecule has 0 radical (unpaired) electrons. The first-order chi connectivity index (χ1) is 6.70. The lowest BCUT2D eigenvalue weighted by atomic mass is 9.87. The van der Waals surface area contributed by atoms with Gasteiger partial charge in [0.25, 0.3) is 0 Å². The lowest BCUT2D eigenvalue weighted by Gasteiger charge is -2.22. The smallest absolute Gasteiger partial charge is 0.308 e. The fourth-order valence-electron chi connectivity index (χ4n) is 2.79. The van der Waals surface area contributed by atoms with E-state index in [0.717, 1.165) is 26.1 Å². The third-order valence-electron chi connectivity index (χ3n) is 3.53. The Hall–Kier alpha value is -0.610. The van der Waals surface area contributed by atoms with E-state index in [-0.39, 0.29) is 5.92 Å². The molecule has 0 spiro atoms. The second kappa shape index (κ2) is 3.87. The molecule has 4 heteroatoms. The first-order valence-corrected chi connectivity index (χ1v) is 5.21. The number of ether oxygens (including phenoxy) is 1. The standard InChI is InChI=1S/C10H17NO3/c1-11-6-8(10(12)13)7-2-4-14-5-3-9(7)11/h7-9H,2-6H2,1H3,(H,12,13). The molecule has 14 heavy (non-hydrogen) atoms. The highest BCUT2D eigenvalue weighted by atomic mass is 16.5. The van der Waals surface area contributed by atoms with Gasteiger partial charge < -0.3 is 14.7 Å². The van der Waals surface area contributed by atoms with E-state index in [1.54, 1.807) is 0 Å². The zero-order chi connectivity index (χ0) is 10.1. The van der Waals surface area contributed by atoms with Gasteiger partial charge >= 0.3 is 5.97 Å². The summed E-state index contributed by atoms with van der Waals surface area (Å²) in [7, 11) is 2.02. The van der Waals surface area contributed by atoms with Gasteiger partial charge in [0.15, 0.2) is 0 Å². The number of likely N-dealkylation sites (tertiary alicyclic amines) is 1. The summed E-state index contributed by atoms with van der Waals surface area (Å²) in [5, 5.41) is 9.09. The monoisotopic (exact) mass is 199 g/mol. The van der Waals surface area contributed by atoms with Crippen LogP contribution in [0.5, 0.6) is 0 Å². The highest BCUT2D eigenvalue weighted by molar-refractivity contribution is 5.71. The van der Waals surface area contributed by atoms with Crippen molar-refractivity contribution in [1.29, 1.82) is 0 Å². The molecule has 3 unspecified atom stereocenters. The number of hydrogen-bond donors (Lipinski definition) is 1. The van der Waals surface area contributed by atoms with Crippen molar-refractivity contribution in [3.05, 3.63) is 0 Å². The fourth-order valence-corrected chi connectivity index (χ4v) is 2.79. The summed E-state index contributed by atoms with van der Waals surface area (Å²) >= 11 is 0. The lowest BCUT2D eigenvalue weighted by Crippen LogP contribution is -2.29. The van der Waals surface area contributed by atoms with Gasteiger partial charge in [-0.05, 0) is 25.8 Å². The Labute approximate surface area is 83.8 Å². The van der Waals surface area contributed by atoms with Gasteiger partial charge in [0, 0.05) is 25.8 Å². The molecule has 0 aromatic heterocycles. The largest absolute Gasteiger partial charge is 0.481 e. The van der Waals surface area contributed by atoms with E-state index in [2.05, 4.69) is 4.90 Å². The minimum absolute atomic E-state index is 0.188. The summed E-state index contributed by atoms with van der Waals surface area (Å²) < 4.78 is 5.39. The van der Waals surface area contributed by atoms with Gasteiger partial charge in [-0.15, -0.1) is 0 Å². The van der Waals surface area contributed by atoms with Crippen LogP contribution in [-0.2, 0) is 9.53 Å². The SMILES string of the molecule is CN1CC(C(=O)O)C2CCOCCC21. The summed E-state index contributed by atoms with van der Waals surface area (Å²) in [5.41, 5.74) is 0. The predicted octanol–water partition coefficient (Wildman–Crippen LogP) is 0.428. The molecule has 1 N–H and O–H groups in total. The Balaban J connectivity index is 2.13. The van der Waals surface area contributed by atoms with Gasteiger partial charge in [0.05, 0.1) is 5.92 Å². The Morgan fingerprint density at radius 1 is 1.43 bits per heavy atom. The minimum Gasteiger partial charge on any atom is -0.481 e. The summed E-state index contributed by atoms with van der Waals surface area (Å²) in [4.78, 5) is 13.2. The molecule has 0 saturated carbocycles. The third kappa shape index (κ3) is 1.64. The van der Waals surface area contributed by atoms with Crippen molar-refractivity contribution in [3.63, 3.8) is 0 Å². The van der Waals surface area contributed by atoms with E-state index >= 15 is 0 Å². The zero-order valence-electron chi connectivity index (χ0n) is 8.48. The maximum atomic E-state index is 11.0. The molecule has 80 valence electrons. The molecule has 2 saturated heterocycles. The number of carboxylic acid groups (broad SMARTS) is 1. The van der Waals surface area contributed by atoms with Crippen LogP contribution < -0.4 is 0 Å². The molecule has 0 amide bonds. The Kier molecular flexibility index (Phi) is 2.74. The van der Waals surface area contributed by atoms with Gasteiger partial charge in [-0.25, -0.2) is 0 Å². The van der Waals surface area contributed by atoms with Gasteiger partial charge in [0.1, 0.15) is 0 Å². The summed E-state index contributed by atoms with van der Waals surface area (Å²) in [6.07, 6.45) is 1.87. The van der Waals surface area contributed by atoms with Crippen LogP contribution in [0, 0.1) is 11.8 Å². The predicted molar refractivity (Wildman–Crippen MR) is 51.1 cm³/mol. The maximum absolute atomic E-state index is 11.0. The van der Waals surface area contributed by atoms with Gasteiger partial charge in [-0.3, -0.25) is 4.79 Å². The molecule has 2 aliphatic heterocycles. The molecule has 2 aliphatic rings. The molecular formula is C10H17NO3. The maximum Gasteiger partial charge on any atom is 0.308 e. The molecule has 0 aliphatic carbocycles. The highest BCUT2D eigenvalue weighted by Gasteiger charge is 2.43. The normalized spacial score (nSPS) is 39.1. The molecule has 4 nitrogen and oxygen atoms in total. The second-order valence-electron chi connectivity index (χ2n) is 4.31. The van der Waals surface area contributed by atoms with Gasteiger partial charge in [-0.2, -0.15) is 0 Å². The van der Waals surface area contributed by atoms with Crippen molar-refractivity contribution in [2.45, 2.75) is 18.9 Å². The first-order valence-electron chi connectivity index (χ1n) is 5.21. The number of hydrogen-bond acceptors (Lipinski definition) is 3. The van der Waals surface area contributed by atoms with Crippen molar-refractivity contribution in [2.75, 3.05) is 26.8 Å². The van der Waals surface area contributed by atoms with E-state index in [1.807, 2.05) is 7.05 Å². The van der Waals surface area contributed by atoms with Crippen molar-refractivity contribution in [3.8, 4) is 0 Å². The third-order valence-corrected chi connectivity index (χ3v) is 3.53. The molecule has 0 bridgehead atoms. The van der Waals surface area contributed by atoms with Gasteiger partial charge in [-0.1, -0.05) is 0 Å². The van der Waals surface area contributed by atoms with Crippen molar-refractivity contribution < 1.29 is 14.6 Å². The Morgan fingerprint density at radius 2 is 2.14 bits per heavy atom. The van der Waals surface area contributed by atoms with E-state index in [1.165, 1.54) is 0 Å². The summed E-state index contributed by atoms with van der Waals surface area (Å²) in [5.74, 6) is -0.544. The molecule has 2 rings (SSSR count). The average molecular weight is 199 g/mol. The summed E-state index contributed by atoms with van der Waals surface area (Å²) in [6, 6.07) is 0.415. The van der Waals surface area contributed by atoms with Crippen molar-refractivity contribution in [2.24, 2.45) is 11.8 Å². The van der Waals surface area contributed by atoms with Crippen LogP contribution in [0.4, 0.5) is 0 Å². The number of carboxylic acids is 1. The van der Waals surface area contributed by atoms with Gasteiger partial charge in [0.2, 0.25) is 0 Å². The lowest BCUT2D eigenvalue weighted by molar-refractivity contribution is -0.142. The second-order valence-corrected chi connectivity index (χ2v) is 4.31. The number of nitrogens with zero attached hydrogens (tertiary/aromatic N) is 1. The Morgan fingerprint density at radius 3 is 2.86 bits per heavy atom. The molecule has 3 atom stereocenters. The number of carbonyl (C=O) groups is 1. The summed E-state index contributed by atoms with van der Waals surface area (Å²) in [6.45, 7) is 2.20. The zero-order valence-corrected chi connectivity index (χ0v) is 8.48. The van der Waals surface area contributed by atoms with E-state index in [4.69, 9.17) is 9.84 Å². The van der Waals surface area contributed by atoms with Crippen molar-refractivity contribution in [1.82, 2.24) is 4.90 Å². The van der Waals surface area contributed by atoms with Crippen LogP contribution in [0.25, 0.3) is 0 Å². The van der Waals surface area contributed by atoms with Crippen LogP contribution in [0.1, 0.15) is 12.8 Å². The Bertz CT molecular complexity index is 231. The van der Waals surface area contributed by atoms with Crippen LogP contribution in [0.2, 0.25) is 0 Å². The molecule has 2 heterocycles. The molecular weight excluding hydrogens is 182 g/mol. The number of fused-ring (bicyclic) bond motifs is 1. The van der Waals surface area contributed by atoms with Crippen LogP contribution in [-0.4, -0.2) is 48.8 Å². The van der Waals surface area contributed by atoms with E-state index < -0.39 is 5.97 Å². The van der Waals surface area contributed by atoms with Crippen LogP contribution in [0.3, 0.4) is 0 Å². The quantitative estimate of drug-likeness (QED) is 0.665.